The van der Waals surface area contributed by atoms with E-state index >= 15 is 0 Å². The quantitative estimate of drug-likeness (QED) is 0.383. The summed E-state index contributed by atoms with van der Waals surface area (Å²) in [4.78, 5) is 57.4. The maximum atomic E-state index is 13.9. The minimum Gasteiger partial charge on any atom is -0.480 e. The van der Waals surface area contributed by atoms with E-state index in [-0.39, 0.29) is 24.2 Å². The predicted octanol–water partition coefficient (Wildman–Crippen LogP) is 3.00. The van der Waals surface area contributed by atoms with Gasteiger partial charge in [-0.05, 0) is 35.1 Å². The van der Waals surface area contributed by atoms with Crippen LogP contribution in [0.3, 0.4) is 0 Å². The number of H-pyrrole nitrogens is 1. The van der Waals surface area contributed by atoms with Crippen molar-refractivity contribution in [2.45, 2.75) is 58.3 Å². The van der Waals surface area contributed by atoms with Gasteiger partial charge in [0.05, 0.1) is 6.04 Å². The molecule has 0 aliphatic carbocycles. The average molecular weight is 517 g/mol. The van der Waals surface area contributed by atoms with E-state index in [0.29, 0.717) is 5.56 Å². The fourth-order valence-corrected chi connectivity index (χ4v) is 5.68. The first-order valence-corrected chi connectivity index (χ1v) is 12.9. The molecule has 0 saturated carbocycles. The molecular weight excluding hydrogens is 484 g/mol. The second kappa shape index (κ2) is 9.63. The maximum absolute atomic E-state index is 13.9. The van der Waals surface area contributed by atoms with Crippen LogP contribution in [0, 0.1) is 11.8 Å². The van der Waals surface area contributed by atoms with Gasteiger partial charge in [0.1, 0.15) is 18.1 Å². The Morgan fingerprint density at radius 2 is 1.61 bits per heavy atom. The van der Waals surface area contributed by atoms with E-state index in [9.17, 15) is 24.3 Å². The molecular formula is C29H32N4O5. The van der Waals surface area contributed by atoms with Gasteiger partial charge in [-0.15, -0.1) is 0 Å². The molecule has 38 heavy (non-hydrogen) atoms. The summed E-state index contributed by atoms with van der Waals surface area (Å²) in [5.74, 6) is -3.02. The molecule has 2 aliphatic heterocycles. The molecule has 0 radical (unpaired) electrons. The summed E-state index contributed by atoms with van der Waals surface area (Å²) in [6.45, 7) is 6.99. The zero-order chi connectivity index (χ0) is 27.3. The molecule has 4 atom stereocenters. The van der Waals surface area contributed by atoms with Gasteiger partial charge in [0.15, 0.2) is 0 Å². The van der Waals surface area contributed by atoms with Gasteiger partial charge in [0, 0.05) is 28.6 Å². The van der Waals surface area contributed by atoms with Crippen LogP contribution in [0.1, 0.15) is 60.9 Å². The third-order valence-corrected chi connectivity index (χ3v) is 7.63. The highest BCUT2D eigenvalue weighted by molar-refractivity contribution is 6.04. The maximum Gasteiger partial charge on any atom is 0.326 e. The van der Waals surface area contributed by atoms with Crippen molar-refractivity contribution in [3.63, 3.8) is 0 Å². The van der Waals surface area contributed by atoms with Gasteiger partial charge in [-0.25, -0.2) is 4.79 Å². The SMILES string of the molecule is CC(C)[C@H](NC(=O)[C@@H]1Cc2c([nH]c3ccccc23)[C@H]2c3ccccc3C(=O)N21)C(=O)N[C@@H](C(=O)O)C(C)C. The normalized spacial score (nSPS) is 19.6. The summed E-state index contributed by atoms with van der Waals surface area (Å²) >= 11 is 0. The van der Waals surface area contributed by atoms with Gasteiger partial charge in [-0.3, -0.25) is 14.4 Å². The molecule has 4 N–H and O–H groups in total. The summed E-state index contributed by atoms with van der Waals surface area (Å²) in [7, 11) is 0. The zero-order valence-corrected chi connectivity index (χ0v) is 21.8. The van der Waals surface area contributed by atoms with E-state index in [1.807, 2.05) is 42.5 Å². The molecule has 0 fully saturated rings. The number of carboxylic acid groups (broad SMARTS) is 1. The Labute approximate surface area is 220 Å². The lowest BCUT2D eigenvalue weighted by molar-refractivity contribution is -0.143. The highest BCUT2D eigenvalue weighted by atomic mass is 16.4. The average Bonchev–Trinajstić information content (AvgIpc) is 3.40. The number of amides is 3. The van der Waals surface area contributed by atoms with Crippen molar-refractivity contribution < 1.29 is 24.3 Å². The van der Waals surface area contributed by atoms with Gasteiger partial charge in [-0.2, -0.15) is 0 Å². The topological polar surface area (TPSA) is 132 Å². The fourth-order valence-electron chi connectivity index (χ4n) is 5.68. The molecule has 9 heteroatoms. The number of fused-ring (bicyclic) bond motifs is 7. The van der Waals surface area contributed by atoms with Crippen molar-refractivity contribution in [2.24, 2.45) is 11.8 Å². The lowest BCUT2D eigenvalue weighted by Crippen LogP contribution is -2.59. The highest BCUT2D eigenvalue weighted by Gasteiger charge is 2.49. The predicted molar refractivity (Wildman–Crippen MR) is 141 cm³/mol. The van der Waals surface area contributed by atoms with E-state index in [1.54, 1.807) is 38.7 Å². The van der Waals surface area contributed by atoms with E-state index in [2.05, 4.69) is 15.6 Å². The number of carbonyl (C=O) groups is 4. The number of aliphatic carboxylic acids is 1. The van der Waals surface area contributed by atoms with Crippen LogP contribution in [-0.2, 0) is 20.8 Å². The number of aromatic amines is 1. The minimum atomic E-state index is -1.13. The van der Waals surface area contributed by atoms with Crippen LogP contribution in [0.25, 0.3) is 10.9 Å². The lowest BCUT2D eigenvalue weighted by Gasteiger charge is -2.38. The Bertz CT molecular complexity index is 1440. The molecule has 5 rings (SSSR count). The van der Waals surface area contributed by atoms with E-state index in [4.69, 9.17) is 0 Å². The Morgan fingerprint density at radius 1 is 0.947 bits per heavy atom. The minimum absolute atomic E-state index is 0.230. The Kier molecular flexibility index (Phi) is 6.46. The number of carboxylic acids is 1. The molecule has 2 aliphatic rings. The molecule has 9 nitrogen and oxygen atoms in total. The summed E-state index contributed by atoms with van der Waals surface area (Å²) in [5, 5.41) is 15.9. The van der Waals surface area contributed by atoms with Crippen LogP contribution in [0.2, 0.25) is 0 Å². The monoisotopic (exact) mass is 516 g/mol. The summed E-state index contributed by atoms with van der Waals surface area (Å²) in [6.07, 6.45) is 0.289. The molecule has 0 bridgehead atoms. The second-order valence-corrected chi connectivity index (χ2v) is 10.8. The number of hydrogen-bond donors (Lipinski definition) is 4. The van der Waals surface area contributed by atoms with Gasteiger partial charge in [0.2, 0.25) is 11.8 Å². The van der Waals surface area contributed by atoms with Crippen molar-refractivity contribution in [3.05, 3.63) is 70.9 Å². The third kappa shape index (κ3) is 4.12. The zero-order valence-electron chi connectivity index (χ0n) is 21.8. The van der Waals surface area contributed by atoms with Crippen molar-refractivity contribution in [1.82, 2.24) is 20.5 Å². The number of rotatable bonds is 7. The Morgan fingerprint density at radius 3 is 2.29 bits per heavy atom. The fraction of sp³-hybridized carbons (Fsp3) is 0.379. The smallest absolute Gasteiger partial charge is 0.326 e. The molecule has 0 saturated heterocycles. The van der Waals surface area contributed by atoms with Gasteiger partial charge >= 0.3 is 5.97 Å². The van der Waals surface area contributed by atoms with Crippen molar-refractivity contribution >= 4 is 34.6 Å². The number of nitrogens with one attached hydrogen (secondary N) is 3. The first-order valence-electron chi connectivity index (χ1n) is 12.9. The molecule has 0 unspecified atom stereocenters. The lowest BCUT2D eigenvalue weighted by atomic mass is 9.89. The largest absolute Gasteiger partial charge is 0.480 e. The highest BCUT2D eigenvalue weighted by Crippen LogP contribution is 2.46. The number of nitrogens with zero attached hydrogens (tertiary/aromatic N) is 1. The third-order valence-electron chi connectivity index (χ3n) is 7.63. The summed E-state index contributed by atoms with van der Waals surface area (Å²) < 4.78 is 0. The number of para-hydroxylation sites is 1. The van der Waals surface area contributed by atoms with E-state index in [0.717, 1.165) is 27.7 Å². The van der Waals surface area contributed by atoms with Crippen molar-refractivity contribution in [3.8, 4) is 0 Å². The molecule has 0 spiro atoms. The van der Waals surface area contributed by atoms with Crippen LogP contribution in [0.5, 0.6) is 0 Å². The van der Waals surface area contributed by atoms with Crippen LogP contribution in [0.4, 0.5) is 0 Å². The van der Waals surface area contributed by atoms with Crippen LogP contribution < -0.4 is 10.6 Å². The molecule has 2 aromatic carbocycles. The number of carbonyl (C=O) groups excluding carboxylic acids is 3. The molecule has 1 aromatic heterocycles. The van der Waals surface area contributed by atoms with Gasteiger partial charge in [0.25, 0.3) is 5.91 Å². The molecule has 3 amide bonds. The standard InChI is InChI=1S/C29H32N4O5/c1-14(2)22(27(35)32-23(15(3)4)29(37)38)31-26(34)21-13-19-16-9-7-8-12-20(16)30-24(19)25-17-10-5-6-11-18(17)28(36)33(21)25/h5-12,14-15,21-23,25,30H,13H2,1-4H3,(H,31,34)(H,32,35)(H,37,38)/t21-,22-,23+,25+/m0/s1. The Balaban J connectivity index is 1.50. The summed E-state index contributed by atoms with van der Waals surface area (Å²) in [5.41, 5.74) is 4.20. The Hall–Kier alpha value is -4.14. The first-order chi connectivity index (χ1) is 18.1. The summed E-state index contributed by atoms with van der Waals surface area (Å²) in [6, 6.07) is 11.9. The number of hydrogen-bond acceptors (Lipinski definition) is 4. The van der Waals surface area contributed by atoms with Crippen LogP contribution in [0.15, 0.2) is 48.5 Å². The molecule has 3 heterocycles. The van der Waals surface area contributed by atoms with E-state index in [1.165, 1.54) is 0 Å². The van der Waals surface area contributed by atoms with Crippen molar-refractivity contribution in [1.29, 1.82) is 0 Å². The number of benzene rings is 2. The van der Waals surface area contributed by atoms with Crippen molar-refractivity contribution in [2.75, 3.05) is 0 Å². The molecule has 3 aromatic rings. The van der Waals surface area contributed by atoms with Gasteiger partial charge in [-0.1, -0.05) is 64.1 Å². The second-order valence-electron chi connectivity index (χ2n) is 10.8. The van der Waals surface area contributed by atoms with Gasteiger partial charge < -0.3 is 25.6 Å². The van der Waals surface area contributed by atoms with E-state index < -0.39 is 42.0 Å². The van der Waals surface area contributed by atoms with Crippen LogP contribution >= 0.6 is 0 Å². The van der Waals surface area contributed by atoms with Crippen LogP contribution in [-0.4, -0.2) is 56.8 Å². The molecule has 198 valence electrons. The first kappa shape index (κ1) is 25.5. The number of aromatic nitrogens is 1.